The highest BCUT2D eigenvalue weighted by Gasteiger charge is 2.11. The molecule has 0 saturated carbocycles. The summed E-state index contributed by atoms with van der Waals surface area (Å²) in [4.78, 5) is 10.1. The lowest BCUT2D eigenvalue weighted by Crippen LogP contribution is -2.24. The normalized spacial score (nSPS) is 12.9. The number of nitrogens with one attached hydrogen (secondary N) is 1. The Morgan fingerprint density at radius 2 is 2.27 bits per heavy atom. The molecule has 0 rings (SSSR count). The molecule has 66 valence electrons. The summed E-state index contributed by atoms with van der Waals surface area (Å²) in [6.45, 7) is 0.408. The Kier molecular flexibility index (Phi) is 5.68. The molecule has 0 aliphatic rings. The lowest BCUT2D eigenvalue weighted by molar-refractivity contribution is -0.122. The molecule has 0 unspecified atom stereocenters. The molecule has 5 heteroatoms. The van der Waals surface area contributed by atoms with Gasteiger partial charge in [0.2, 0.25) is 0 Å². The number of carbonyl (C=O) groups excluding carboxylic acids is 1. The third-order valence-corrected chi connectivity index (χ3v) is 1.30. The molecule has 0 heterocycles. The number of hydrogen-bond acceptors (Lipinski definition) is 3. The zero-order valence-electron chi connectivity index (χ0n) is 6.22. The Morgan fingerprint density at radius 3 is 2.73 bits per heavy atom. The van der Waals surface area contributed by atoms with Gasteiger partial charge in [-0.25, -0.2) is 9.87 Å². The van der Waals surface area contributed by atoms with Crippen molar-refractivity contribution in [3.63, 3.8) is 0 Å². The number of carbonyl (C=O) groups is 1. The Balaban J connectivity index is 3.17. The molecule has 4 N–H and O–H groups in total. The van der Waals surface area contributed by atoms with E-state index in [4.69, 9.17) is 5.21 Å². The first-order valence-electron chi connectivity index (χ1n) is 3.49. The number of primary amides is 1. The summed E-state index contributed by atoms with van der Waals surface area (Å²) in [6.07, 6.45) is -0.243. The Hall–Kier alpha value is -0.680. The van der Waals surface area contributed by atoms with Gasteiger partial charge in [0.15, 0.2) is 6.17 Å². The summed E-state index contributed by atoms with van der Waals surface area (Å²) in [5.41, 5.74) is 6.60. The van der Waals surface area contributed by atoms with Gasteiger partial charge in [-0.1, -0.05) is 0 Å². The van der Waals surface area contributed by atoms with Gasteiger partial charge in [0.05, 0.1) is 0 Å². The monoisotopic (exact) mass is 164 g/mol. The topological polar surface area (TPSA) is 75.4 Å². The number of alkyl halides is 1. The first-order valence-corrected chi connectivity index (χ1v) is 3.49. The van der Waals surface area contributed by atoms with Crippen molar-refractivity contribution >= 4 is 5.91 Å². The number of hydrogen-bond donors (Lipinski definition) is 3. The van der Waals surface area contributed by atoms with Crippen LogP contribution in [0.3, 0.4) is 0 Å². The van der Waals surface area contributed by atoms with Crippen molar-refractivity contribution in [1.82, 2.24) is 5.48 Å². The van der Waals surface area contributed by atoms with Crippen molar-refractivity contribution in [1.29, 1.82) is 0 Å². The molecule has 11 heavy (non-hydrogen) atoms. The highest BCUT2D eigenvalue weighted by atomic mass is 19.1. The van der Waals surface area contributed by atoms with E-state index >= 15 is 0 Å². The molecule has 0 aromatic carbocycles. The maximum Gasteiger partial charge on any atom is 0.251 e. The van der Waals surface area contributed by atoms with Crippen LogP contribution >= 0.6 is 0 Å². The molecule has 0 bridgehead atoms. The Morgan fingerprint density at radius 1 is 1.64 bits per heavy atom. The average molecular weight is 164 g/mol. The average Bonchev–Trinajstić information content (AvgIpc) is 1.97. The van der Waals surface area contributed by atoms with Crippen molar-refractivity contribution in [2.75, 3.05) is 6.54 Å². The molecule has 0 radical (unpaired) electrons. The van der Waals surface area contributed by atoms with Gasteiger partial charge in [0.1, 0.15) is 0 Å². The minimum atomic E-state index is -1.55. The summed E-state index contributed by atoms with van der Waals surface area (Å²) >= 11 is 0. The van der Waals surface area contributed by atoms with Gasteiger partial charge < -0.3 is 10.9 Å². The number of nitrogens with two attached hydrogens (primary N) is 1. The summed E-state index contributed by atoms with van der Waals surface area (Å²) in [5, 5.41) is 8.11. The zero-order valence-corrected chi connectivity index (χ0v) is 6.22. The molecule has 0 fully saturated rings. The third kappa shape index (κ3) is 5.75. The number of amides is 1. The minimum absolute atomic E-state index is 0.136. The SMILES string of the molecule is NC(=O)[C@@H](F)CCCCNO. The fourth-order valence-electron chi connectivity index (χ4n) is 0.670. The molecule has 0 aromatic heterocycles. The van der Waals surface area contributed by atoms with E-state index in [9.17, 15) is 9.18 Å². The van der Waals surface area contributed by atoms with E-state index in [2.05, 4.69) is 5.73 Å². The van der Waals surface area contributed by atoms with Crippen LogP contribution < -0.4 is 11.2 Å². The van der Waals surface area contributed by atoms with Crippen molar-refractivity contribution < 1.29 is 14.4 Å². The summed E-state index contributed by atoms with van der Waals surface area (Å²) in [5.74, 6) is -0.915. The van der Waals surface area contributed by atoms with Gasteiger partial charge in [-0.05, 0) is 19.3 Å². The van der Waals surface area contributed by atoms with Gasteiger partial charge in [-0.3, -0.25) is 4.79 Å². The van der Waals surface area contributed by atoms with Gasteiger partial charge >= 0.3 is 0 Å². The Bertz CT molecular complexity index is 121. The zero-order chi connectivity index (χ0) is 8.69. The predicted octanol–water partition coefficient (Wildman–Crippen LogP) is -0.0411. The van der Waals surface area contributed by atoms with Gasteiger partial charge in [-0.2, -0.15) is 0 Å². The predicted molar refractivity (Wildman–Crippen MR) is 37.7 cm³/mol. The van der Waals surface area contributed by atoms with E-state index in [0.29, 0.717) is 19.4 Å². The van der Waals surface area contributed by atoms with Crippen LogP contribution in [0.4, 0.5) is 4.39 Å². The minimum Gasteiger partial charge on any atom is -0.367 e. The lowest BCUT2D eigenvalue weighted by Gasteiger charge is -2.02. The van der Waals surface area contributed by atoms with Gasteiger partial charge in [0.25, 0.3) is 5.91 Å². The fourth-order valence-corrected chi connectivity index (χ4v) is 0.670. The second kappa shape index (κ2) is 6.06. The number of hydroxylamine groups is 1. The highest BCUT2D eigenvalue weighted by molar-refractivity contribution is 5.78. The molecule has 0 saturated heterocycles. The quantitative estimate of drug-likeness (QED) is 0.381. The van der Waals surface area contributed by atoms with Crippen LogP contribution in [0.25, 0.3) is 0 Å². The number of halogens is 1. The van der Waals surface area contributed by atoms with E-state index in [1.807, 2.05) is 5.48 Å². The molecule has 0 aliphatic carbocycles. The molecular formula is C6H13FN2O2. The van der Waals surface area contributed by atoms with E-state index in [0.717, 1.165) is 0 Å². The smallest absolute Gasteiger partial charge is 0.251 e. The molecule has 0 spiro atoms. The van der Waals surface area contributed by atoms with Crippen LogP contribution in [-0.4, -0.2) is 23.8 Å². The van der Waals surface area contributed by atoms with Crippen LogP contribution in [0.2, 0.25) is 0 Å². The van der Waals surface area contributed by atoms with Crippen LogP contribution in [0, 0.1) is 0 Å². The van der Waals surface area contributed by atoms with Crippen molar-refractivity contribution in [2.24, 2.45) is 5.73 Å². The van der Waals surface area contributed by atoms with Crippen LogP contribution in [0.1, 0.15) is 19.3 Å². The van der Waals surface area contributed by atoms with Crippen molar-refractivity contribution in [3.8, 4) is 0 Å². The molecule has 0 aromatic rings. The van der Waals surface area contributed by atoms with Crippen LogP contribution in [-0.2, 0) is 4.79 Å². The lowest BCUT2D eigenvalue weighted by atomic mass is 10.1. The number of rotatable bonds is 6. The molecule has 1 atom stereocenters. The maximum atomic E-state index is 12.4. The van der Waals surface area contributed by atoms with Gasteiger partial charge in [0, 0.05) is 6.54 Å². The standard InChI is InChI=1S/C6H13FN2O2/c7-5(6(8)10)3-1-2-4-9-11/h5,9,11H,1-4H2,(H2,8,10)/t5-/m0/s1. The third-order valence-electron chi connectivity index (χ3n) is 1.30. The first kappa shape index (κ1) is 10.3. The van der Waals surface area contributed by atoms with Gasteiger partial charge in [-0.15, -0.1) is 0 Å². The van der Waals surface area contributed by atoms with Crippen LogP contribution in [0.15, 0.2) is 0 Å². The first-order chi connectivity index (χ1) is 5.18. The second-order valence-electron chi connectivity index (χ2n) is 2.27. The maximum absolute atomic E-state index is 12.4. The summed E-state index contributed by atoms with van der Waals surface area (Å²) in [7, 11) is 0. The van der Waals surface area contributed by atoms with E-state index in [1.165, 1.54) is 0 Å². The van der Waals surface area contributed by atoms with E-state index in [-0.39, 0.29) is 6.42 Å². The second-order valence-corrected chi connectivity index (χ2v) is 2.27. The molecule has 4 nitrogen and oxygen atoms in total. The largest absolute Gasteiger partial charge is 0.367 e. The fraction of sp³-hybridized carbons (Fsp3) is 0.833. The molecule has 0 aliphatic heterocycles. The molecule has 1 amide bonds. The summed E-state index contributed by atoms with van der Waals surface area (Å²) < 4.78 is 12.4. The summed E-state index contributed by atoms with van der Waals surface area (Å²) in [6, 6.07) is 0. The molecular weight excluding hydrogens is 151 g/mol. The Labute approximate surface area is 64.5 Å². The van der Waals surface area contributed by atoms with E-state index < -0.39 is 12.1 Å². The van der Waals surface area contributed by atoms with E-state index in [1.54, 1.807) is 0 Å². The highest BCUT2D eigenvalue weighted by Crippen LogP contribution is 2.02. The van der Waals surface area contributed by atoms with Crippen LogP contribution in [0.5, 0.6) is 0 Å². The van der Waals surface area contributed by atoms with Crippen molar-refractivity contribution in [2.45, 2.75) is 25.4 Å². The van der Waals surface area contributed by atoms with Crippen molar-refractivity contribution in [3.05, 3.63) is 0 Å². The number of unbranched alkanes of at least 4 members (excludes halogenated alkanes) is 1.